The average Bonchev–Trinajstić information content (AvgIpc) is 2.55. The molecule has 0 bridgehead atoms. The first kappa shape index (κ1) is 17.5. The number of ether oxygens (including phenoxy) is 1. The van der Waals surface area contributed by atoms with Crippen molar-refractivity contribution in [3.63, 3.8) is 0 Å². The quantitative estimate of drug-likeness (QED) is 0.844. The number of carbonyl (C=O) groups is 2. The monoisotopic (exact) mass is 326 g/mol. The highest BCUT2D eigenvalue weighted by Gasteiger charge is 2.16. The summed E-state index contributed by atoms with van der Waals surface area (Å²) in [6.45, 7) is 4.32. The zero-order valence-corrected chi connectivity index (χ0v) is 13.7. The fourth-order valence-electron chi connectivity index (χ4n) is 2.41. The molecule has 0 aliphatic heterocycles. The molecule has 0 aliphatic carbocycles. The third kappa shape index (κ3) is 4.84. The van der Waals surface area contributed by atoms with Gasteiger partial charge in [0.05, 0.1) is 12.6 Å². The van der Waals surface area contributed by atoms with E-state index in [9.17, 15) is 14.7 Å². The zero-order chi connectivity index (χ0) is 17.5. The second-order valence-electron chi connectivity index (χ2n) is 5.47. The van der Waals surface area contributed by atoms with Crippen molar-refractivity contribution in [2.24, 2.45) is 0 Å². The molecule has 5 heteroatoms. The second-order valence-corrected chi connectivity index (χ2v) is 5.47. The molecule has 5 nitrogen and oxygen atoms in total. The number of aliphatic carboxylic acids is 1. The smallest absolute Gasteiger partial charge is 0.251 e. The zero-order valence-electron chi connectivity index (χ0n) is 13.7. The topological polar surface area (TPSA) is 78.5 Å². The Kier molecular flexibility index (Phi) is 5.95. The van der Waals surface area contributed by atoms with Crippen molar-refractivity contribution >= 4 is 11.9 Å². The predicted molar refractivity (Wildman–Crippen MR) is 88.6 cm³/mol. The number of benzene rings is 2. The molecule has 0 saturated heterocycles. The van der Waals surface area contributed by atoms with Gasteiger partial charge in [0.1, 0.15) is 5.75 Å². The van der Waals surface area contributed by atoms with Crippen molar-refractivity contribution in [1.29, 1.82) is 0 Å². The van der Waals surface area contributed by atoms with Crippen molar-refractivity contribution in [2.75, 3.05) is 6.61 Å². The van der Waals surface area contributed by atoms with Gasteiger partial charge in [0.2, 0.25) is 0 Å². The van der Waals surface area contributed by atoms with E-state index in [4.69, 9.17) is 4.74 Å². The van der Waals surface area contributed by atoms with E-state index in [2.05, 4.69) is 5.32 Å². The number of hydrogen-bond acceptors (Lipinski definition) is 4. The number of amides is 1. The van der Waals surface area contributed by atoms with Gasteiger partial charge in [0.25, 0.3) is 5.91 Å². The molecule has 126 valence electrons. The Morgan fingerprint density at radius 1 is 1.17 bits per heavy atom. The van der Waals surface area contributed by atoms with Gasteiger partial charge in [-0.3, -0.25) is 4.79 Å². The first-order valence-corrected chi connectivity index (χ1v) is 7.79. The second kappa shape index (κ2) is 8.15. The maximum absolute atomic E-state index is 12.4. The van der Waals surface area contributed by atoms with E-state index in [0.29, 0.717) is 23.5 Å². The summed E-state index contributed by atoms with van der Waals surface area (Å²) in [6.07, 6.45) is -0.300. The van der Waals surface area contributed by atoms with E-state index >= 15 is 0 Å². The normalized spacial score (nSPS) is 11.6. The molecule has 0 radical (unpaired) electrons. The van der Waals surface area contributed by atoms with Crippen molar-refractivity contribution in [1.82, 2.24) is 5.32 Å². The highest BCUT2D eigenvalue weighted by Crippen LogP contribution is 2.21. The van der Waals surface area contributed by atoms with E-state index in [1.165, 1.54) is 0 Å². The van der Waals surface area contributed by atoms with E-state index in [-0.39, 0.29) is 12.3 Å². The molecular weight excluding hydrogens is 306 g/mol. The van der Waals surface area contributed by atoms with Gasteiger partial charge in [0.15, 0.2) is 0 Å². The first-order valence-electron chi connectivity index (χ1n) is 7.79. The van der Waals surface area contributed by atoms with Gasteiger partial charge in [-0.05, 0) is 43.7 Å². The van der Waals surface area contributed by atoms with Crippen LogP contribution in [0.4, 0.5) is 0 Å². The highest BCUT2D eigenvalue weighted by atomic mass is 16.5. The lowest BCUT2D eigenvalue weighted by molar-refractivity contribution is -0.306. The van der Waals surface area contributed by atoms with Crippen LogP contribution in [-0.2, 0) is 4.79 Å². The summed E-state index contributed by atoms with van der Waals surface area (Å²) >= 11 is 0. The molecule has 2 rings (SSSR count). The van der Waals surface area contributed by atoms with Gasteiger partial charge < -0.3 is 20.0 Å². The number of carbonyl (C=O) groups excluding carboxylic acids is 2. The van der Waals surface area contributed by atoms with Crippen LogP contribution >= 0.6 is 0 Å². The SMILES string of the molecule is CCOc1ccc([C@H](CC(=O)[O-])NC(=O)c2cccc(C)c2)cc1. The molecule has 0 aliphatic rings. The van der Waals surface area contributed by atoms with Gasteiger partial charge in [-0.1, -0.05) is 29.8 Å². The molecular formula is C19H20NO4-. The highest BCUT2D eigenvalue weighted by molar-refractivity contribution is 5.94. The molecule has 0 spiro atoms. The molecule has 0 fully saturated rings. The lowest BCUT2D eigenvalue weighted by atomic mass is 10.0. The fourth-order valence-corrected chi connectivity index (χ4v) is 2.41. The van der Waals surface area contributed by atoms with E-state index < -0.39 is 12.0 Å². The summed E-state index contributed by atoms with van der Waals surface area (Å²) in [7, 11) is 0. The van der Waals surface area contributed by atoms with Crippen LogP contribution in [0.3, 0.4) is 0 Å². The molecule has 0 aromatic heterocycles. The third-order valence-corrected chi connectivity index (χ3v) is 3.55. The summed E-state index contributed by atoms with van der Waals surface area (Å²) in [5.41, 5.74) is 2.13. The molecule has 0 unspecified atom stereocenters. The number of hydrogen-bond donors (Lipinski definition) is 1. The van der Waals surface area contributed by atoms with E-state index in [1.54, 1.807) is 42.5 Å². The van der Waals surface area contributed by atoms with Crippen LogP contribution in [-0.4, -0.2) is 18.5 Å². The Labute approximate surface area is 141 Å². The Morgan fingerprint density at radius 2 is 1.88 bits per heavy atom. The van der Waals surface area contributed by atoms with Crippen molar-refractivity contribution in [3.8, 4) is 5.75 Å². The predicted octanol–water partition coefficient (Wildman–Crippen LogP) is 2.00. The van der Waals surface area contributed by atoms with Crippen molar-refractivity contribution in [3.05, 3.63) is 65.2 Å². The van der Waals surface area contributed by atoms with Gasteiger partial charge in [-0.25, -0.2) is 0 Å². The van der Waals surface area contributed by atoms with Gasteiger partial charge in [-0.2, -0.15) is 0 Å². The minimum atomic E-state index is -1.22. The third-order valence-electron chi connectivity index (χ3n) is 3.55. The molecule has 0 heterocycles. The number of aryl methyl sites for hydroxylation is 1. The number of rotatable bonds is 7. The molecule has 24 heavy (non-hydrogen) atoms. The minimum Gasteiger partial charge on any atom is -0.550 e. The number of nitrogens with one attached hydrogen (secondary N) is 1. The summed E-state index contributed by atoms with van der Waals surface area (Å²) in [5, 5.41) is 13.8. The van der Waals surface area contributed by atoms with Crippen LogP contribution in [0.2, 0.25) is 0 Å². The van der Waals surface area contributed by atoms with Crippen LogP contribution < -0.4 is 15.2 Å². The molecule has 1 N–H and O–H groups in total. The van der Waals surface area contributed by atoms with Crippen molar-refractivity contribution < 1.29 is 19.4 Å². The Morgan fingerprint density at radius 3 is 2.46 bits per heavy atom. The molecule has 2 aromatic rings. The summed E-state index contributed by atoms with van der Waals surface area (Å²) in [5.74, 6) is -0.851. The largest absolute Gasteiger partial charge is 0.550 e. The Hall–Kier alpha value is -2.82. The average molecular weight is 326 g/mol. The molecule has 1 atom stereocenters. The minimum absolute atomic E-state index is 0.300. The maximum atomic E-state index is 12.4. The summed E-state index contributed by atoms with van der Waals surface area (Å²) in [6, 6.07) is 13.4. The lowest BCUT2D eigenvalue weighted by Crippen LogP contribution is -2.34. The van der Waals surface area contributed by atoms with E-state index in [1.807, 2.05) is 19.9 Å². The van der Waals surface area contributed by atoms with Gasteiger partial charge in [0, 0.05) is 18.0 Å². The van der Waals surface area contributed by atoms with E-state index in [0.717, 1.165) is 5.56 Å². The maximum Gasteiger partial charge on any atom is 0.251 e. The Bertz CT molecular complexity index is 710. The summed E-state index contributed by atoms with van der Waals surface area (Å²) in [4.78, 5) is 23.4. The van der Waals surface area contributed by atoms with Gasteiger partial charge >= 0.3 is 0 Å². The van der Waals surface area contributed by atoms with Crippen molar-refractivity contribution in [2.45, 2.75) is 26.3 Å². The molecule has 1 amide bonds. The van der Waals surface area contributed by atoms with Crippen LogP contribution in [0, 0.1) is 6.92 Å². The number of carboxylic acid groups (broad SMARTS) is 1. The van der Waals surface area contributed by atoms with Crippen LogP contribution in [0.5, 0.6) is 5.75 Å². The number of carboxylic acids is 1. The molecule has 2 aromatic carbocycles. The Balaban J connectivity index is 2.18. The fraction of sp³-hybridized carbons (Fsp3) is 0.263. The van der Waals surface area contributed by atoms with Gasteiger partial charge in [-0.15, -0.1) is 0 Å². The molecule has 0 saturated carbocycles. The lowest BCUT2D eigenvalue weighted by Gasteiger charge is -2.20. The summed E-state index contributed by atoms with van der Waals surface area (Å²) < 4.78 is 5.37. The first-order chi connectivity index (χ1) is 11.5. The van der Waals surface area contributed by atoms with Crippen LogP contribution in [0.1, 0.15) is 40.9 Å². The standard InChI is InChI=1S/C19H21NO4/c1-3-24-16-9-7-14(8-10-16)17(12-18(21)22)20-19(23)15-6-4-5-13(2)11-15/h4-11,17H,3,12H2,1-2H3,(H,20,23)(H,21,22)/p-1/t17-/m0/s1. The van der Waals surface area contributed by atoms with Crippen LogP contribution in [0.25, 0.3) is 0 Å². The van der Waals surface area contributed by atoms with Crippen LogP contribution in [0.15, 0.2) is 48.5 Å².